The number of carbonyl (C=O) groups excluding carboxylic acids is 1. The molecule has 134 valence electrons. The zero-order valence-electron chi connectivity index (χ0n) is 14.9. The third kappa shape index (κ3) is 4.92. The highest BCUT2D eigenvalue weighted by Crippen LogP contribution is 2.22. The van der Waals surface area contributed by atoms with E-state index in [1.165, 1.54) is 0 Å². The van der Waals surface area contributed by atoms with E-state index in [2.05, 4.69) is 22.1 Å². The molecule has 1 aliphatic rings. The zero-order valence-corrected chi connectivity index (χ0v) is 14.9. The Hall–Kier alpha value is -2.14. The van der Waals surface area contributed by atoms with E-state index in [-0.39, 0.29) is 11.8 Å². The summed E-state index contributed by atoms with van der Waals surface area (Å²) in [5.74, 6) is 1.92. The normalized spacial score (nSPS) is 16.0. The maximum absolute atomic E-state index is 12.1. The van der Waals surface area contributed by atoms with E-state index in [9.17, 15) is 4.79 Å². The molecule has 0 aliphatic carbocycles. The second-order valence-electron chi connectivity index (χ2n) is 6.68. The summed E-state index contributed by atoms with van der Waals surface area (Å²) in [6, 6.07) is 10.0. The van der Waals surface area contributed by atoms with E-state index in [1.54, 1.807) is 6.20 Å². The van der Waals surface area contributed by atoms with Gasteiger partial charge in [-0.2, -0.15) is 0 Å². The molecule has 2 heterocycles. The van der Waals surface area contributed by atoms with Crippen LogP contribution in [-0.2, 0) is 11.3 Å². The molecule has 0 atom stereocenters. The molecule has 1 amide bonds. The Kier molecular flexibility index (Phi) is 6.23. The maximum atomic E-state index is 12.1. The second-order valence-corrected chi connectivity index (χ2v) is 6.68. The quantitative estimate of drug-likeness (QED) is 0.784. The summed E-state index contributed by atoms with van der Waals surface area (Å²) >= 11 is 0. The lowest BCUT2D eigenvalue weighted by Crippen LogP contribution is -2.40. The Balaban J connectivity index is 1.46. The summed E-state index contributed by atoms with van der Waals surface area (Å²) in [7, 11) is 0. The third-order valence-electron chi connectivity index (χ3n) is 4.76. The van der Waals surface area contributed by atoms with Crippen LogP contribution < -0.4 is 5.32 Å². The van der Waals surface area contributed by atoms with Gasteiger partial charge in [-0.25, -0.2) is 4.98 Å². The summed E-state index contributed by atoms with van der Waals surface area (Å²) in [5.41, 5.74) is 1.05. The molecule has 2 aromatic rings. The fourth-order valence-electron chi connectivity index (χ4n) is 3.20. The van der Waals surface area contributed by atoms with Crippen molar-refractivity contribution in [2.24, 2.45) is 5.92 Å². The van der Waals surface area contributed by atoms with Gasteiger partial charge in [-0.05, 0) is 32.4 Å². The lowest BCUT2D eigenvalue weighted by atomic mass is 9.96. The lowest BCUT2D eigenvalue weighted by molar-refractivity contribution is -0.126. The van der Waals surface area contributed by atoms with E-state index < -0.39 is 0 Å². The van der Waals surface area contributed by atoms with Gasteiger partial charge in [-0.1, -0.05) is 43.7 Å². The van der Waals surface area contributed by atoms with E-state index in [0.717, 1.165) is 62.5 Å². The highest BCUT2D eigenvalue weighted by molar-refractivity contribution is 5.78. The SMILES string of the molecule is CCCCNC(=O)C1CCN(Cc2ncc(-c3ccccc3)o2)CC1. The standard InChI is InChI=1S/C20H27N3O2/c1-2-3-11-21-20(24)17-9-12-23(13-10-17)15-19-22-14-18(25-19)16-7-5-4-6-8-16/h4-8,14,17H,2-3,9-13,15H2,1H3,(H,21,24). The number of piperidine rings is 1. The first-order valence-electron chi connectivity index (χ1n) is 9.26. The van der Waals surface area contributed by atoms with Crippen LogP contribution in [0.5, 0.6) is 0 Å². The molecule has 0 saturated carbocycles. The number of nitrogens with one attached hydrogen (secondary N) is 1. The molecule has 25 heavy (non-hydrogen) atoms. The van der Waals surface area contributed by atoms with Gasteiger partial charge in [0.1, 0.15) is 0 Å². The smallest absolute Gasteiger partial charge is 0.223 e. The average Bonchev–Trinajstić information content (AvgIpc) is 3.12. The van der Waals surface area contributed by atoms with Crippen molar-refractivity contribution in [2.45, 2.75) is 39.2 Å². The Labute approximate surface area is 149 Å². The summed E-state index contributed by atoms with van der Waals surface area (Å²) in [6.07, 6.45) is 5.77. The fourth-order valence-corrected chi connectivity index (χ4v) is 3.20. The minimum absolute atomic E-state index is 0.151. The molecule has 5 heteroatoms. The molecule has 1 aromatic heterocycles. The first-order valence-corrected chi connectivity index (χ1v) is 9.26. The second kappa shape index (κ2) is 8.81. The number of benzene rings is 1. The number of rotatable bonds is 7. The van der Waals surface area contributed by atoms with Gasteiger partial charge in [-0.3, -0.25) is 9.69 Å². The molecule has 1 saturated heterocycles. The molecule has 3 rings (SSSR count). The van der Waals surface area contributed by atoms with E-state index in [0.29, 0.717) is 6.54 Å². The number of amides is 1. The van der Waals surface area contributed by atoms with Gasteiger partial charge in [-0.15, -0.1) is 0 Å². The number of unbranched alkanes of at least 4 members (excludes halogenated alkanes) is 1. The van der Waals surface area contributed by atoms with E-state index in [1.807, 2.05) is 30.3 Å². The topological polar surface area (TPSA) is 58.4 Å². The number of nitrogens with zero attached hydrogens (tertiary/aromatic N) is 2. The van der Waals surface area contributed by atoms with Gasteiger partial charge in [0, 0.05) is 18.0 Å². The van der Waals surface area contributed by atoms with Crippen molar-refractivity contribution >= 4 is 5.91 Å². The first kappa shape index (κ1) is 17.7. The number of hydrogen-bond donors (Lipinski definition) is 1. The van der Waals surface area contributed by atoms with Gasteiger partial charge in [0.2, 0.25) is 11.8 Å². The van der Waals surface area contributed by atoms with Crippen molar-refractivity contribution in [3.05, 3.63) is 42.4 Å². The zero-order chi connectivity index (χ0) is 17.5. The van der Waals surface area contributed by atoms with Crippen LogP contribution in [0.2, 0.25) is 0 Å². The van der Waals surface area contributed by atoms with Crippen molar-refractivity contribution in [1.82, 2.24) is 15.2 Å². The summed E-state index contributed by atoms with van der Waals surface area (Å²) in [4.78, 5) is 18.9. The molecule has 0 spiro atoms. The van der Waals surface area contributed by atoms with Crippen molar-refractivity contribution < 1.29 is 9.21 Å². The summed E-state index contributed by atoms with van der Waals surface area (Å²) < 4.78 is 5.88. The molecule has 0 unspecified atom stereocenters. The van der Waals surface area contributed by atoms with Crippen LogP contribution in [0.4, 0.5) is 0 Å². The van der Waals surface area contributed by atoms with Crippen LogP contribution in [-0.4, -0.2) is 35.4 Å². The minimum atomic E-state index is 0.151. The number of oxazole rings is 1. The molecule has 1 aromatic carbocycles. The van der Waals surface area contributed by atoms with Crippen LogP contribution in [0, 0.1) is 5.92 Å². The van der Waals surface area contributed by atoms with E-state index in [4.69, 9.17) is 4.42 Å². The Bertz CT molecular complexity index is 661. The summed E-state index contributed by atoms with van der Waals surface area (Å²) in [6.45, 7) is 5.46. The van der Waals surface area contributed by atoms with Crippen LogP contribution in [0.25, 0.3) is 11.3 Å². The monoisotopic (exact) mass is 341 g/mol. The van der Waals surface area contributed by atoms with Gasteiger partial charge in [0.15, 0.2) is 5.76 Å². The molecular formula is C20H27N3O2. The third-order valence-corrected chi connectivity index (χ3v) is 4.76. The van der Waals surface area contributed by atoms with Crippen molar-refractivity contribution in [3.8, 4) is 11.3 Å². The predicted molar refractivity (Wildman–Crippen MR) is 97.9 cm³/mol. The first-order chi connectivity index (χ1) is 12.3. The largest absolute Gasteiger partial charge is 0.439 e. The molecule has 1 aliphatic heterocycles. The van der Waals surface area contributed by atoms with E-state index >= 15 is 0 Å². The molecule has 5 nitrogen and oxygen atoms in total. The van der Waals surface area contributed by atoms with Crippen LogP contribution in [0.1, 0.15) is 38.5 Å². The Morgan fingerprint density at radius 1 is 1.28 bits per heavy atom. The Morgan fingerprint density at radius 2 is 2.04 bits per heavy atom. The lowest BCUT2D eigenvalue weighted by Gasteiger charge is -2.30. The number of likely N-dealkylation sites (tertiary alicyclic amines) is 1. The fraction of sp³-hybridized carbons (Fsp3) is 0.500. The Morgan fingerprint density at radius 3 is 2.76 bits per heavy atom. The van der Waals surface area contributed by atoms with Gasteiger partial charge in [0.05, 0.1) is 12.7 Å². The average molecular weight is 341 g/mol. The van der Waals surface area contributed by atoms with Gasteiger partial charge >= 0.3 is 0 Å². The molecule has 0 bridgehead atoms. The van der Waals surface area contributed by atoms with Crippen LogP contribution >= 0.6 is 0 Å². The molecular weight excluding hydrogens is 314 g/mol. The highest BCUT2D eigenvalue weighted by Gasteiger charge is 2.25. The van der Waals surface area contributed by atoms with Crippen molar-refractivity contribution in [3.63, 3.8) is 0 Å². The highest BCUT2D eigenvalue weighted by atomic mass is 16.4. The maximum Gasteiger partial charge on any atom is 0.223 e. The molecule has 1 fully saturated rings. The van der Waals surface area contributed by atoms with Gasteiger partial charge < -0.3 is 9.73 Å². The number of hydrogen-bond acceptors (Lipinski definition) is 4. The number of aromatic nitrogens is 1. The van der Waals surface area contributed by atoms with Crippen LogP contribution in [0.3, 0.4) is 0 Å². The minimum Gasteiger partial charge on any atom is -0.439 e. The van der Waals surface area contributed by atoms with Gasteiger partial charge in [0.25, 0.3) is 0 Å². The van der Waals surface area contributed by atoms with Crippen LogP contribution in [0.15, 0.2) is 40.9 Å². The number of carbonyl (C=O) groups is 1. The predicted octanol–water partition coefficient (Wildman–Crippen LogP) is 3.47. The summed E-state index contributed by atoms with van der Waals surface area (Å²) in [5, 5.41) is 3.05. The molecule has 0 radical (unpaired) electrons. The molecule has 1 N–H and O–H groups in total. The van der Waals surface area contributed by atoms with Crippen molar-refractivity contribution in [1.29, 1.82) is 0 Å². The van der Waals surface area contributed by atoms with Crippen molar-refractivity contribution in [2.75, 3.05) is 19.6 Å².